The van der Waals surface area contributed by atoms with Gasteiger partial charge >= 0.3 is 0 Å². The van der Waals surface area contributed by atoms with Crippen LogP contribution in [0.5, 0.6) is 0 Å². The lowest BCUT2D eigenvalue weighted by Crippen LogP contribution is -2.37. The molecule has 0 spiro atoms. The SMILES string of the molecule is [O-][N+](=NO)N1CCC[C@H]1CO. The number of rotatable bonds is 2. The average molecular weight is 161 g/mol. The van der Waals surface area contributed by atoms with Crippen LogP contribution >= 0.6 is 0 Å². The minimum Gasteiger partial charge on any atom is -0.569 e. The van der Waals surface area contributed by atoms with E-state index in [0.717, 1.165) is 12.8 Å². The lowest BCUT2D eigenvalue weighted by molar-refractivity contribution is -0.713. The first kappa shape index (κ1) is 8.06. The Hall–Kier alpha value is -1.04. The van der Waals surface area contributed by atoms with Gasteiger partial charge in [-0.2, -0.15) is 0 Å². The molecule has 0 bridgehead atoms. The summed E-state index contributed by atoms with van der Waals surface area (Å²) in [7, 11) is 0. The second-order valence-corrected chi connectivity index (χ2v) is 2.48. The van der Waals surface area contributed by atoms with E-state index in [4.69, 9.17) is 10.3 Å². The molecule has 0 radical (unpaired) electrons. The van der Waals surface area contributed by atoms with Crippen LogP contribution in [0.2, 0.25) is 0 Å². The normalized spacial score (nSPS) is 26.1. The van der Waals surface area contributed by atoms with E-state index >= 15 is 0 Å². The van der Waals surface area contributed by atoms with Gasteiger partial charge in [-0.15, -0.1) is 5.01 Å². The number of aliphatic hydroxyl groups is 1. The minimum absolute atomic E-state index is 0.0751. The van der Waals surface area contributed by atoms with Crippen LogP contribution in [-0.2, 0) is 0 Å². The van der Waals surface area contributed by atoms with Gasteiger partial charge < -0.3 is 15.5 Å². The van der Waals surface area contributed by atoms with Crippen LogP contribution in [0.1, 0.15) is 12.8 Å². The molecule has 1 fully saturated rings. The molecule has 0 unspecified atom stereocenters. The molecule has 6 nitrogen and oxygen atoms in total. The molecule has 64 valence electrons. The van der Waals surface area contributed by atoms with Crippen LogP contribution in [0.4, 0.5) is 0 Å². The summed E-state index contributed by atoms with van der Waals surface area (Å²) in [6.45, 7) is 0.465. The third-order valence-corrected chi connectivity index (χ3v) is 1.85. The minimum atomic E-state index is -0.191. The summed E-state index contributed by atoms with van der Waals surface area (Å²) in [6, 6.07) is -0.191. The zero-order chi connectivity index (χ0) is 8.27. The molecule has 1 heterocycles. The van der Waals surface area contributed by atoms with Crippen molar-refractivity contribution in [2.24, 2.45) is 5.28 Å². The monoisotopic (exact) mass is 161 g/mol. The highest BCUT2D eigenvalue weighted by Crippen LogP contribution is 2.15. The molecule has 0 aliphatic carbocycles. The van der Waals surface area contributed by atoms with Crippen molar-refractivity contribution >= 4 is 0 Å². The molecule has 6 heteroatoms. The molecule has 1 atom stereocenters. The molecule has 0 aromatic rings. The lowest BCUT2D eigenvalue weighted by atomic mass is 10.2. The molecule has 1 aliphatic rings. The van der Waals surface area contributed by atoms with Crippen molar-refractivity contribution in [1.29, 1.82) is 0 Å². The summed E-state index contributed by atoms with van der Waals surface area (Å²) in [5, 5.41) is 31.3. The van der Waals surface area contributed by atoms with Gasteiger partial charge in [0.2, 0.25) is 5.28 Å². The van der Waals surface area contributed by atoms with E-state index in [-0.39, 0.29) is 17.6 Å². The van der Waals surface area contributed by atoms with E-state index in [1.807, 2.05) is 0 Å². The molecule has 1 saturated heterocycles. The molecule has 0 aromatic heterocycles. The molecular formula is C5H11N3O3. The maximum Gasteiger partial charge on any atom is 0.230 e. The Morgan fingerprint density at radius 3 is 3.00 bits per heavy atom. The van der Waals surface area contributed by atoms with Crippen molar-refractivity contribution in [1.82, 2.24) is 5.01 Å². The summed E-state index contributed by atoms with van der Waals surface area (Å²) in [6.07, 6.45) is 1.62. The molecule has 11 heavy (non-hydrogen) atoms. The molecular weight excluding hydrogens is 150 g/mol. The maximum atomic E-state index is 10.7. The van der Waals surface area contributed by atoms with Crippen molar-refractivity contribution in [3.05, 3.63) is 5.21 Å². The summed E-state index contributed by atoms with van der Waals surface area (Å²) >= 11 is 0. The van der Waals surface area contributed by atoms with Gasteiger partial charge in [0.05, 0.1) is 18.1 Å². The summed E-state index contributed by atoms with van der Waals surface area (Å²) in [4.78, 5) is 0.119. The van der Waals surface area contributed by atoms with Crippen LogP contribution < -0.4 is 0 Å². The summed E-state index contributed by atoms with van der Waals surface area (Å²) < 4.78 is 0. The first-order chi connectivity index (χ1) is 5.29. The third kappa shape index (κ3) is 1.51. The Balaban J connectivity index is 2.56. The number of hydrogen-bond donors (Lipinski definition) is 2. The number of hydrogen-bond acceptors (Lipinski definition) is 3. The fourth-order valence-corrected chi connectivity index (χ4v) is 1.28. The van der Waals surface area contributed by atoms with Crippen LogP contribution in [0, 0.1) is 5.21 Å². The van der Waals surface area contributed by atoms with E-state index < -0.39 is 0 Å². The molecule has 0 saturated carbocycles. The summed E-state index contributed by atoms with van der Waals surface area (Å²) in [5.41, 5.74) is 0. The van der Waals surface area contributed by atoms with Crippen molar-refractivity contribution in [3.63, 3.8) is 0 Å². The smallest absolute Gasteiger partial charge is 0.230 e. The zero-order valence-electron chi connectivity index (χ0n) is 6.05. The highest BCUT2D eigenvalue weighted by atomic mass is 16.6. The predicted octanol–water partition coefficient (Wildman–Crippen LogP) is -0.290. The van der Waals surface area contributed by atoms with Crippen molar-refractivity contribution < 1.29 is 15.3 Å². The fraction of sp³-hybridized carbons (Fsp3) is 1.00. The van der Waals surface area contributed by atoms with Crippen LogP contribution in [-0.4, -0.2) is 39.5 Å². The Kier molecular flexibility index (Phi) is 2.48. The first-order valence-electron chi connectivity index (χ1n) is 3.49. The molecule has 1 rings (SSSR count). The first-order valence-corrected chi connectivity index (χ1v) is 3.49. The van der Waals surface area contributed by atoms with E-state index in [1.54, 1.807) is 0 Å². The highest BCUT2D eigenvalue weighted by molar-refractivity contribution is 4.71. The number of hydrazine groups is 1. The zero-order valence-corrected chi connectivity index (χ0v) is 6.05. The largest absolute Gasteiger partial charge is 0.569 e. The molecule has 2 N–H and O–H groups in total. The van der Waals surface area contributed by atoms with Gasteiger partial charge in [-0.05, 0) is 12.8 Å². The number of nitrogens with zero attached hydrogens (tertiary/aromatic N) is 3. The topological polar surface area (TPSA) is 82.1 Å². The Morgan fingerprint density at radius 2 is 2.45 bits per heavy atom. The van der Waals surface area contributed by atoms with Crippen molar-refractivity contribution in [2.75, 3.05) is 13.2 Å². The predicted molar refractivity (Wildman–Crippen MR) is 34.7 cm³/mol. The standard InChI is InChI=1S/C5H11N3O3/c9-4-5-2-1-3-7(5)8(11)6-10/h5,9-10H,1-4H2/t5-/m0/s1. The van der Waals surface area contributed by atoms with Gasteiger partial charge in [-0.3, -0.25) is 0 Å². The van der Waals surface area contributed by atoms with Crippen LogP contribution in [0.25, 0.3) is 0 Å². The molecule has 0 amide bonds. The maximum absolute atomic E-state index is 10.7. The van der Waals surface area contributed by atoms with Gasteiger partial charge in [-0.1, -0.05) is 0 Å². The lowest BCUT2D eigenvalue weighted by Gasteiger charge is -2.16. The van der Waals surface area contributed by atoms with Gasteiger partial charge in [0, 0.05) is 0 Å². The van der Waals surface area contributed by atoms with E-state index in [2.05, 4.69) is 5.28 Å². The van der Waals surface area contributed by atoms with E-state index in [9.17, 15) is 5.21 Å². The van der Waals surface area contributed by atoms with Crippen LogP contribution in [0.15, 0.2) is 5.28 Å². The van der Waals surface area contributed by atoms with Gasteiger partial charge in [0.25, 0.3) is 0 Å². The second kappa shape index (κ2) is 3.38. The average Bonchev–Trinajstić information content (AvgIpc) is 2.50. The summed E-state index contributed by atoms with van der Waals surface area (Å²) in [5.74, 6) is 0. The Morgan fingerprint density at radius 1 is 1.73 bits per heavy atom. The number of aliphatic hydroxyl groups excluding tert-OH is 1. The van der Waals surface area contributed by atoms with Crippen LogP contribution in [0.3, 0.4) is 0 Å². The Labute approximate surface area is 63.9 Å². The van der Waals surface area contributed by atoms with Gasteiger partial charge in [0.15, 0.2) is 0 Å². The van der Waals surface area contributed by atoms with Gasteiger partial charge in [-0.25, -0.2) is 0 Å². The Bertz CT molecular complexity index is 161. The van der Waals surface area contributed by atoms with Crippen molar-refractivity contribution in [2.45, 2.75) is 18.9 Å². The van der Waals surface area contributed by atoms with E-state index in [0.29, 0.717) is 6.54 Å². The van der Waals surface area contributed by atoms with E-state index in [1.165, 1.54) is 5.01 Å². The fourth-order valence-electron chi connectivity index (χ4n) is 1.28. The highest BCUT2D eigenvalue weighted by Gasteiger charge is 2.30. The molecule has 1 aliphatic heterocycles. The van der Waals surface area contributed by atoms with Gasteiger partial charge in [0.1, 0.15) is 6.04 Å². The molecule has 0 aromatic carbocycles. The second-order valence-electron chi connectivity index (χ2n) is 2.48. The third-order valence-electron chi connectivity index (χ3n) is 1.85. The van der Waals surface area contributed by atoms with Crippen molar-refractivity contribution in [3.8, 4) is 0 Å². The quantitative estimate of drug-likeness (QED) is 0.331.